The highest BCUT2D eigenvalue weighted by molar-refractivity contribution is 5.40. The molecule has 0 heterocycles. The molecule has 1 aromatic rings. The van der Waals surface area contributed by atoms with Crippen molar-refractivity contribution in [3.63, 3.8) is 0 Å². The van der Waals surface area contributed by atoms with Gasteiger partial charge in [0.25, 0.3) is 0 Å². The van der Waals surface area contributed by atoms with E-state index in [1.807, 2.05) is 42.5 Å². The number of nitro groups is 1. The molecular weight excluding hydrogens is 242 g/mol. The summed E-state index contributed by atoms with van der Waals surface area (Å²) in [6.07, 6.45) is 0.335. The molecule has 1 aromatic carbocycles. The average Bonchev–Trinajstić information content (AvgIpc) is 2.40. The summed E-state index contributed by atoms with van der Waals surface area (Å²) in [6, 6.07) is 12.7. The van der Waals surface area contributed by atoms with Gasteiger partial charge in [-0.1, -0.05) is 30.3 Å². The molecule has 0 saturated carbocycles. The average molecular weight is 255 g/mol. The number of nitriles is 2. The topological polar surface area (TPSA) is 90.7 Å². The van der Waals surface area contributed by atoms with E-state index < -0.39 is 0 Å². The van der Waals surface area contributed by atoms with Gasteiger partial charge in [-0.25, -0.2) is 0 Å². The van der Waals surface area contributed by atoms with Gasteiger partial charge in [-0.15, -0.1) is 0 Å². The number of allylic oxidation sites excluding steroid dienone is 2. The summed E-state index contributed by atoms with van der Waals surface area (Å²) in [5.74, 6) is -0.326. The van der Waals surface area contributed by atoms with Crippen molar-refractivity contribution < 1.29 is 4.92 Å². The maximum atomic E-state index is 10.7. The Hall–Kier alpha value is -2.66. The first kappa shape index (κ1) is 14.4. The fraction of sp³-hybridized carbons (Fsp3) is 0.286. The summed E-state index contributed by atoms with van der Waals surface area (Å²) in [7, 11) is 0. The highest BCUT2D eigenvalue weighted by Gasteiger charge is 2.19. The zero-order chi connectivity index (χ0) is 14.3. The lowest BCUT2D eigenvalue weighted by atomic mass is 9.91. The highest BCUT2D eigenvalue weighted by Crippen LogP contribution is 2.25. The van der Waals surface area contributed by atoms with Crippen molar-refractivity contribution in [2.75, 3.05) is 6.54 Å². The standard InChI is InChI=1S/C14H13N3O2/c1-11(14(8-15)9-16)7-13(10-17(18)19)12-5-3-2-4-6-12/h2-6,13H,7,10H2,1H3. The third kappa shape index (κ3) is 4.25. The van der Waals surface area contributed by atoms with E-state index in [2.05, 4.69) is 0 Å². The second kappa shape index (κ2) is 6.93. The normalized spacial score (nSPS) is 10.9. The SMILES string of the molecule is CC(CC(C[N+](=O)[O-])c1ccccc1)=C(C#N)C#N. The van der Waals surface area contributed by atoms with E-state index in [0.29, 0.717) is 12.0 Å². The molecule has 0 amide bonds. The zero-order valence-electron chi connectivity index (χ0n) is 10.5. The van der Waals surface area contributed by atoms with Gasteiger partial charge >= 0.3 is 0 Å². The summed E-state index contributed by atoms with van der Waals surface area (Å²) in [6.45, 7) is 1.45. The van der Waals surface area contributed by atoms with Crippen LogP contribution in [0.3, 0.4) is 0 Å². The maximum Gasteiger partial charge on any atom is 0.210 e. The van der Waals surface area contributed by atoms with Crippen LogP contribution in [-0.2, 0) is 0 Å². The van der Waals surface area contributed by atoms with Crippen molar-refractivity contribution in [3.8, 4) is 12.1 Å². The second-order valence-electron chi connectivity index (χ2n) is 4.21. The predicted octanol–water partition coefficient (Wildman–Crippen LogP) is 2.80. The molecule has 0 aliphatic heterocycles. The third-order valence-corrected chi connectivity index (χ3v) is 2.84. The summed E-state index contributed by atoms with van der Waals surface area (Å²) in [4.78, 5) is 10.4. The molecule has 0 aromatic heterocycles. The lowest BCUT2D eigenvalue weighted by molar-refractivity contribution is -0.483. The molecule has 1 atom stereocenters. The van der Waals surface area contributed by atoms with Crippen LogP contribution in [-0.4, -0.2) is 11.5 Å². The molecule has 1 unspecified atom stereocenters. The van der Waals surface area contributed by atoms with Crippen molar-refractivity contribution in [1.82, 2.24) is 0 Å². The molecule has 0 N–H and O–H groups in total. The largest absolute Gasteiger partial charge is 0.265 e. The Bertz CT molecular complexity index is 549. The molecule has 0 aliphatic carbocycles. The number of nitrogens with zero attached hydrogens (tertiary/aromatic N) is 3. The fourth-order valence-corrected chi connectivity index (χ4v) is 1.88. The Morgan fingerprint density at radius 3 is 2.37 bits per heavy atom. The number of hydrogen-bond donors (Lipinski definition) is 0. The predicted molar refractivity (Wildman–Crippen MR) is 69.6 cm³/mol. The number of hydrogen-bond acceptors (Lipinski definition) is 4. The van der Waals surface area contributed by atoms with Crippen molar-refractivity contribution in [1.29, 1.82) is 10.5 Å². The van der Waals surface area contributed by atoms with Gasteiger partial charge in [0.15, 0.2) is 0 Å². The quantitative estimate of drug-likeness (QED) is 0.459. The van der Waals surface area contributed by atoms with Gasteiger partial charge in [0.05, 0.1) is 5.92 Å². The molecule has 1 rings (SSSR count). The molecule has 0 bridgehead atoms. The highest BCUT2D eigenvalue weighted by atomic mass is 16.6. The Kier molecular flexibility index (Phi) is 5.25. The van der Waals surface area contributed by atoms with Gasteiger partial charge in [0, 0.05) is 4.92 Å². The van der Waals surface area contributed by atoms with E-state index in [-0.39, 0.29) is 23.0 Å². The minimum atomic E-state index is -0.372. The van der Waals surface area contributed by atoms with E-state index >= 15 is 0 Å². The molecule has 0 saturated heterocycles. The molecule has 0 radical (unpaired) electrons. The van der Waals surface area contributed by atoms with Crippen LogP contribution in [0.15, 0.2) is 41.5 Å². The summed E-state index contributed by atoms with van der Waals surface area (Å²) < 4.78 is 0. The third-order valence-electron chi connectivity index (χ3n) is 2.84. The van der Waals surface area contributed by atoms with E-state index in [0.717, 1.165) is 5.56 Å². The van der Waals surface area contributed by atoms with Crippen LogP contribution in [0.25, 0.3) is 0 Å². The van der Waals surface area contributed by atoms with Crippen LogP contribution >= 0.6 is 0 Å². The maximum absolute atomic E-state index is 10.7. The van der Waals surface area contributed by atoms with Crippen LogP contribution in [0.4, 0.5) is 0 Å². The Morgan fingerprint density at radius 1 is 1.32 bits per heavy atom. The summed E-state index contributed by atoms with van der Waals surface area (Å²) in [5, 5.41) is 28.3. The van der Waals surface area contributed by atoms with E-state index in [1.54, 1.807) is 6.92 Å². The molecule has 0 aliphatic rings. The Balaban J connectivity index is 3.02. The fourth-order valence-electron chi connectivity index (χ4n) is 1.88. The molecule has 96 valence electrons. The van der Waals surface area contributed by atoms with Crippen LogP contribution in [0.1, 0.15) is 24.8 Å². The number of benzene rings is 1. The van der Waals surface area contributed by atoms with E-state index in [4.69, 9.17) is 10.5 Å². The van der Waals surface area contributed by atoms with Crippen molar-refractivity contribution in [3.05, 3.63) is 57.2 Å². The van der Waals surface area contributed by atoms with Crippen molar-refractivity contribution in [2.45, 2.75) is 19.3 Å². The first-order chi connectivity index (χ1) is 9.08. The minimum absolute atomic E-state index is 0.0317. The first-order valence-corrected chi connectivity index (χ1v) is 5.75. The minimum Gasteiger partial charge on any atom is -0.265 e. The first-order valence-electron chi connectivity index (χ1n) is 5.75. The van der Waals surface area contributed by atoms with Gasteiger partial charge in [0.2, 0.25) is 6.54 Å². The van der Waals surface area contributed by atoms with E-state index in [9.17, 15) is 10.1 Å². The van der Waals surface area contributed by atoms with Crippen LogP contribution in [0.2, 0.25) is 0 Å². The summed E-state index contributed by atoms with van der Waals surface area (Å²) in [5.41, 5.74) is 1.46. The molecular formula is C14H13N3O2. The van der Waals surface area contributed by atoms with Gasteiger partial charge in [0.1, 0.15) is 17.7 Å². The van der Waals surface area contributed by atoms with Gasteiger partial charge in [-0.3, -0.25) is 10.1 Å². The van der Waals surface area contributed by atoms with E-state index in [1.165, 1.54) is 0 Å². The van der Waals surface area contributed by atoms with Gasteiger partial charge in [-0.2, -0.15) is 10.5 Å². The van der Waals surface area contributed by atoms with Crippen LogP contribution in [0.5, 0.6) is 0 Å². The number of rotatable bonds is 5. The summed E-state index contributed by atoms with van der Waals surface area (Å²) >= 11 is 0. The zero-order valence-corrected chi connectivity index (χ0v) is 10.5. The Morgan fingerprint density at radius 2 is 1.89 bits per heavy atom. The van der Waals surface area contributed by atoms with Crippen molar-refractivity contribution >= 4 is 0 Å². The van der Waals surface area contributed by atoms with Gasteiger partial charge < -0.3 is 0 Å². The van der Waals surface area contributed by atoms with Crippen molar-refractivity contribution in [2.24, 2.45) is 0 Å². The molecule has 0 fully saturated rings. The van der Waals surface area contributed by atoms with Crippen LogP contribution < -0.4 is 0 Å². The monoisotopic (exact) mass is 255 g/mol. The molecule has 5 heteroatoms. The lowest BCUT2D eigenvalue weighted by Crippen LogP contribution is -2.13. The molecule has 19 heavy (non-hydrogen) atoms. The lowest BCUT2D eigenvalue weighted by Gasteiger charge is -2.13. The molecule has 0 spiro atoms. The Labute approximate surface area is 111 Å². The second-order valence-corrected chi connectivity index (χ2v) is 4.21. The van der Waals surface area contributed by atoms with Gasteiger partial charge in [-0.05, 0) is 24.5 Å². The molecule has 5 nitrogen and oxygen atoms in total. The smallest absolute Gasteiger partial charge is 0.210 e. The van der Waals surface area contributed by atoms with Crippen LogP contribution in [0, 0.1) is 32.8 Å².